The predicted molar refractivity (Wildman–Crippen MR) is 98.9 cm³/mol. The molecule has 2 atom stereocenters. The molecule has 0 bridgehead atoms. The quantitative estimate of drug-likeness (QED) is 0.826. The van der Waals surface area contributed by atoms with Crippen molar-refractivity contribution in [2.45, 2.75) is 32.2 Å². The number of methoxy groups -OCH3 is 2. The van der Waals surface area contributed by atoms with Gasteiger partial charge in [-0.2, -0.15) is 0 Å². The van der Waals surface area contributed by atoms with Crippen LogP contribution in [0, 0.1) is 5.92 Å². The Hall–Kier alpha value is -1.72. The maximum atomic E-state index is 11.2. The molecule has 0 spiro atoms. The number of fused-ring (bicyclic) bond motifs is 3. The van der Waals surface area contributed by atoms with E-state index in [4.69, 9.17) is 9.47 Å². The van der Waals surface area contributed by atoms with E-state index < -0.39 is 5.97 Å². The van der Waals surface area contributed by atoms with Crippen molar-refractivity contribution >= 4 is 18.4 Å². The average Bonchev–Trinajstić information content (AvgIpc) is 2.59. The van der Waals surface area contributed by atoms with E-state index in [9.17, 15) is 9.90 Å². The molecule has 0 aromatic heterocycles. The predicted octanol–water partition coefficient (Wildman–Crippen LogP) is 3.47. The summed E-state index contributed by atoms with van der Waals surface area (Å²) in [6.07, 6.45) is 4.15. The second-order valence-corrected chi connectivity index (χ2v) is 6.53. The summed E-state index contributed by atoms with van der Waals surface area (Å²) in [7, 11) is 3.30. The van der Waals surface area contributed by atoms with Crippen molar-refractivity contribution in [1.82, 2.24) is 4.90 Å². The van der Waals surface area contributed by atoms with Gasteiger partial charge in [-0.15, -0.1) is 12.4 Å². The first kappa shape index (κ1) is 19.6. The Morgan fingerprint density at radius 3 is 2.60 bits per heavy atom. The molecule has 5 nitrogen and oxygen atoms in total. The molecule has 2 heterocycles. The van der Waals surface area contributed by atoms with Crippen LogP contribution >= 0.6 is 12.4 Å². The lowest BCUT2D eigenvalue weighted by atomic mass is 9.79. The lowest BCUT2D eigenvalue weighted by molar-refractivity contribution is -0.131. The number of nitrogens with zero attached hydrogens (tertiary/aromatic N) is 1. The van der Waals surface area contributed by atoms with Gasteiger partial charge in [-0.3, -0.25) is 4.90 Å². The third kappa shape index (κ3) is 3.77. The van der Waals surface area contributed by atoms with Gasteiger partial charge in [0.05, 0.1) is 14.2 Å². The fourth-order valence-corrected chi connectivity index (χ4v) is 4.05. The lowest BCUT2D eigenvalue weighted by Crippen LogP contribution is -2.43. The van der Waals surface area contributed by atoms with Crippen LogP contribution in [-0.2, 0) is 11.2 Å². The second-order valence-electron chi connectivity index (χ2n) is 6.53. The highest BCUT2D eigenvalue weighted by Crippen LogP contribution is 2.44. The van der Waals surface area contributed by atoms with Crippen molar-refractivity contribution < 1.29 is 19.4 Å². The van der Waals surface area contributed by atoms with E-state index in [1.165, 1.54) is 17.2 Å². The van der Waals surface area contributed by atoms with Crippen molar-refractivity contribution in [3.63, 3.8) is 0 Å². The number of benzene rings is 1. The van der Waals surface area contributed by atoms with Crippen molar-refractivity contribution in [3.8, 4) is 11.5 Å². The SMILES string of the molecule is CCC1CN2CCc3cc(OC)c(OC)cc3C2C/C1=C/C(=O)O.Cl. The van der Waals surface area contributed by atoms with E-state index >= 15 is 0 Å². The molecule has 1 N–H and O–H groups in total. The largest absolute Gasteiger partial charge is 0.493 e. The number of aliphatic carboxylic acids is 1. The van der Waals surface area contributed by atoms with Gasteiger partial charge in [0.2, 0.25) is 0 Å². The van der Waals surface area contributed by atoms with E-state index in [1.54, 1.807) is 14.2 Å². The van der Waals surface area contributed by atoms with Crippen molar-refractivity contribution in [3.05, 3.63) is 34.9 Å². The third-order valence-corrected chi connectivity index (χ3v) is 5.32. The number of hydrogen-bond donors (Lipinski definition) is 1. The van der Waals surface area contributed by atoms with Crippen LogP contribution in [0.1, 0.15) is 36.9 Å². The van der Waals surface area contributed by atoms with E-state index in [1.807, 2.05) is 0 Å². The van der Waals surface area contributed by atoms with Gasteiger partial charge in [-0.1, -0.05) is 12.5 Å². The summed E-state index contributed by atoms with van der Waals surface area (Å²) < 4.78 is 10.9. The number of carboxylic acids is 1. The zero-order valence-corrected chi connectivity index (χ0v) is 15.8. The molecule has 1 saturated heterocycles. The minimum absolute atomic E-state index is 0. The molecule has 25 heavy (non-hydrogen) atoms. The Labute approximate surface area is 155 Å². The first-order chi connectivity index (χ1) is 11.6. The van der Waals surface area contributed by atoms with E-state index in [0.717, 1.165) is 49.4 Å². The van der Waals surface area contributed by atoms with E-state index in [0.29, 0.717) is 5.92 Å². The van der Waals surface area contributed by atoms with Crippen LogP contribution in [0.4, 0.5) is 0 Å². The van der Waals surface area contributed by atoms with Gasteiger partial charge in [-0.05, 0) is 48.4 Å². The minimum atomic E-state index is -0.847. The van der Waals surface area contributed by atoms with Crippen molar-refractivity contribution in [1.29, 1.82) is 0 Å². The topological polar surface area (TPSA) is 59.0 Å². The number of carboxylic acid groups (broad SMARTS) is 1. The number of ether oxygens (including phenoxy) is 2. The summed E-state index contributed by atoms with van der Waals surface area (Å²) in [5.41, 5.74) is 3.57. The smallest absolute Gasteiger partial charge is 0.328 e. The van der Waals surface area contributed by atoms with Crippen molar-refractivity contribution in [2.75, 3.05) is 27.3 Å². The van der Waals surface area contributed by atoms with E-state index in [2.05, 4.69) is 24.0 Å². The monoisotopic (exact) mass is 367 g/mol. The Morgan fingerprint density at radius 1 is 1.32 bits per heavy atom. The molecule has 2 aliphatic heterocycles. The van der Waals surface area contributed by atoms with Gasteiger partial charge in [0.15, 0.2) is 11.5 Å². The summed E-state index contributed by atoms with van der Waals surface area (Å²) in [6, 6.07) is 4.36. The summed E-state index contributed by atoms with van der Waals surface area (Å²) in [5, 5.41) is 9.19. The fourth-order valence-electron chi connectivity index (χ4n) is 4.05. The molecule has 0 saturated carbocycles. The normalized spacial score (nSPS) is 24.0. The first-order valence-electron chi connectivity index (χ1n) is 8.49. The number of piperidine rings is 1. The molecule has 2 aliphatic rings. The Bertz CT molecular complexity index is 674. The molecule has 3 rings (SSSR count). The molecular formula is C19H26ClNO4. The third-order valence-electron chi connectivity index (χ3n) is 5.32. The van der Waals surface area contributed by atoms with Crippen molar-refractivity contribution in [2.24, 2.45) is 5.92 Å². The van der Waals surface area contributed by atoms with E-state index in [-0.39, 0.29) is 18.4 Å². The molecule has 0 amide bonds. The second kappa shape index (κ2) is 8.11. The molecule has 6 heteroatoms. The van der Waals surface area contributed by atoms with Crippen LogP contribution in [0.15, 0.2) is 23.8 Å². The molecule has 2 unspecified atom stereocenters. The van der Waals surface area contributed by atoms with Crippen LogP contribution in [0.3, 0.4) is 0 Å². The summed E-state index contributed by atoms with van der Waals surface area (Å²) in [6.45, 7) is 4.06. The number of carbonyl (C=O) groups is 1. The Kier molecular flexibility index (Phi) is 6.36. The van der Waals surface area contributed by atoms with Crippen LogP contribution in [0.25, 0.3) is 0 Å². The number of hydrogen-bond acceptors (Lipinski definition) is 4. The standard InChI is InChI=1S/C19H25NO4.ClH/c1-4-12-11-20-6-5-13-8-17(23-2)18(24-3)10-15(13)16(20)7-14(12)9-19(21)22;/h8-10,12,16H,4-7,11H2,1-3H3,(H,21,22);1H/b14-9-;. The van der Waals surface area contributed by atoms with Gasteiger partial charge in [0.1, 0.15) is 0 Å². The molecular weight excluding hydrogens is 342 g/mol. The molecule has 0 aliphatic carbocycles. The van der Waals surface area contributed by atoms with Crippen LogP contribution in [-0.4, -0.2) is 43.3 Å². The zero-order valence-electron chi connectivity index (χ0n) is 14.9. The highest BCUT2D eigenvalue weighted by molar-refractivity contribution is 5.85. The summed E-state index contributed by atoms with van der Waals surface area (Å²) in [5.74, 6) is 0.979. The summed E-state index contributed by atoms with van der Waals surface area (Å²) in [4.78, 5) is 13.7. The van der Waals surface area contributed by atoms with Crippen LogP contribution < -0.4 is 9.47 Å². The molecule has 1 aromatic carbocycles. The lowest BCUT2D eigenvalue weighted by Gasteiger charge is -2.44. The van der Waals surface area contributed by atoms with Gasteiger partial charge in [0, 0.05) is 25.2 Å². The maximum Gasteiger partial charge on any atom is 0.328 e. The van der Waals surface area contributed by atoms with Gasteiger partial charge in [0.25, 0.3) is 0 Å². The number of halogens is 1. The molecule has 138 valence electrons. The highest BCUT2D eigenvalue weighted by Gasteiger charge is 2.36. The highest BCUT2D eigenvalue weighted by atomic mass is 35.5. The van der Waals surface area contributed by atoms with Gasteiger partial charge < -0.3 is 14.6 Å². The first-order valence-corrected chi connectivity index (χ1v) is 8.49. The summed E-state index contributed by atoms with van der Waals surface area (Å²) >= 11 is 0. The Balaban J connectivity index is 0.00000225. The molecule has 1 fully saturated rings. The fraction of sp³-hybridized carbons (Fsp3) is 0.526. The minimum Gasteiger partial charge on any atom is -0.493 e. The average molecular weight is 368 g/mol. The zero-order chi connectivity index (χ0) is 17.3. The molecule has 1 aromatic rings. The number of rotatable bonds is 4. The molecule has 0 radical (unpaired) electrons. The van der Waals surface area contributed by atoms with Crippen LogP contribution in [0.2, 0.25) is 0 Å². The van der Waals surface area contributed by atoms with Gasteiger partial charge in [-0.25, -0.2) is 4.79 Å². The Morgan fingerprint density at radius 2 is 2.00 bits per heavy atom. The van der Waals surface area contributed by atoms with Gasteiger partial charge >= 0.3 is 5.97 Å². The van der Waals surface area contributed by atoms with Crippen LogP contribution in [0.5, 0.6) is 11.5 Å². The maximum absolute atomic E-state index is 11.2.